The summed E-state index contributed by atoms with van der Waals surface area (Å²) in [7, 11) is 0. The summed E-state index contributed by atoms with van der Waals surface area (Å²) in [5, 5.41) is 2.66. The first-order valence-electron chi connectivity index (χ1n) is 6.32. The lowest BCUT2D eigenvalue weighted by molar-refractivity contribution is 0.0949. The maximum atomic E-state index is 13.6. The van der Waals surface area contributed by atoms with Crippen molar-refractivity contribution in [1.29, 1.82) is 0 Å². The number of amides is 1. The van der Waals surface area contributed by atoms with Gasteiger partial charge in [0.1, 0.15) is 0 Å². The van der Waals surface area contributed by atoms with Gasteiger partial charge >= 0.3 is 0 Å². The Kier molecular flexibility index (Phi) is 4.65. The minimum Gasteiger partial charge on any atom is -0.381 e. The van der Waals surface area contributed by atoms with Crippen molar-refractivity contribution in [2.45, 2.75) is 19.4 Å². The number of aromatic nitrogens is 3. The summed E-state index contributed by atoms with van der Waals surface area (Å²) in [4.78, 5) is 19.3. The van der Waals surface area contributed by atoms with Gasteiger partial charge in [0.25, 0.3) is 5.91 Å². The van der Waals surface area contributed by atoms with Crippen LogP contribution >= 0.6 is 0 Å². The number of nitrogen functional groups attached to an aromatic ring is 1. The minimum atomic E-state index is -0.775. The number of anilines is 1. The fraction of sp³-hybridized carbons (Fsp3) is 0.308. The molecule has 0 aliphatic heterocycles. The smallest absolute Gasteiger partial charge is 0.254 e. The topological polar surface area (TPSA) is 85.8 Å². The van der Waals surface area contributed by atoms with E-state index in [0.717, 1.165) is 19.4 Å². The van der Waals surface area contributed by atoms with Crippen LogP contribution in [0.1, 0.15) is 23.2 Å². The van der Waals surface area contributed by atoms with Crippen molar-refractivity contribution in [3.8, 4) is 0 Å². The number of nitrogens with two attached hydrogens (primary N) is 1. The van der Waals surface area contributed by atoms with E-state index >= 15 is 0 Å². The molecule has 6 nitrogen and oxygen atoms in total. The summed E-state index contributed by atoms with van der Waals surface area (Å²) >= 11 is 0. The Morgan fingerprint density at radius 1 is 1.40 bits per heavy atom. The van der Waals surface area contributed by atoms with E-state index in [9.17, 15) is 9.18 Å². The van der Waals surface area contributed by atoms with E-state index in [0.29, 0.717) is 6.54 Å². The van der Waals surface area contributed by atoms with Crippen molar-refractivity contribution < 1.29 is 9.18 Å². The zero-order valence-corrected chi connectivity index (χ0v) is 10.9. The summed E-state index contributed by atoms with van der Waals surface area (Å²) in [6, 6.07) is 1.31. The van der Waals surface area contributed by atoms with Crippen LogP contribution in [0, 0.1) is 5.82 Å². The molecule has 2 rings (SSSR count). The van der Waals surface area contributed by atoms with Gasteiger partial charge < -0.3 is 15.6 Å². The zero-order valence-electron chi connectivity index (χ0n) is 10.9. The number of pyridine rings is 1. The van der Waals surface area contributed by atoms with Crippen molar-refractivity contribution >= 4 is 11.7 Å². The van der Waals surface area contributed by atoms with Gasteiger partial charge in [-0.2, -0.15) is 0 Å². The summed E-state index contributed by atoms with van der Waals surface area (Å²) in [5.74, 6) is -1.51. The van der Waals surface area contributed by atoms with Gasteiger partial charge in [-0.05, 0) is 18.9 Å². The molecule has 0 fully saturated rings. The quantitative estimate of drug-likeness (QED) is 0.777. The average Bonchev–Trinajstić information content (AvgIpc) is 2.94. The average molecular weight is 277 g/mol. The monoisotopic (exact) mass is 277 g/mol. The largest absolute Gasteiger partial charge is 0.381 e. The van der Waals surface area contributed by atoms with E-state index in [1.54, 1.807) is 12.5 Å². The Hall–Kier alpha value is -2.44. The summed E-state index contributed by atoms with van der Waals surface area (Å²) in [5.41, 5.74) is 5.24. The Morgan fingerprint density at radius 3 is 3.00 bits per heavy atom. The minimum absolute atomic E-state index is 0.0768. The second-order valence-corrected chi connectivity index (χ2v) is 4.32. The van der Waals surface area contributed by atoms with Crippen LogP contribution in [0.5, 0.6) is 0 Å². The maximum Gasteiger partial charge on any atom is 0.254 e. The SMILES string of the molecule is Nc1nccc(C(=O)NCCCCn2ccnc2)c1F. The maximum absolute atomic E-state index is 13.6. The van der Waals surface area contributed by atoms with Crippen LogP contribution < -0.4 is 11.1 Å². The van der Waals surface area contributed by atoms with Crippen molar-refractivity contribution in [2.24, 2.45) is 0 Å². The molecule has 0 bridgehead atoms. The van der Waals surface area contributed by atoms with Gasteiger partial charge in [0.2, 0.25) is 0 Å². The van der Waals surface area contributed by atoms with Gasteiger partial charge in [-0.25, -0.2) is 14.4 Å². The molecule has 0 radical (unpaired) electrons. The number of aryl methyl sites for hydroxylation is 1. The summed E-state index contributed by atoms with van der Waals surface area (Å²) < 4.78 is 15.5. The number of nitrogens with one attached hydrogen (secondary N) is 1. The molecule has 2 heterocycles. The van der Waals surface area contributed by atoms with Crippen molar-refractivity contribution in [3.63, 3.8) is 0 Å². The highest BCUT2D eigenvalue weighted by Crippen LogP contribution is 2.11. The molecular formula is C13H16FN5O. The molecular weight excluding hydrogens is 261 g/mol. The lowest BCUT2D eigenvalue weighted by Gasteiger charge is -2.07. The highest BCUT2D eigenvalue weighted by atomic mass is 19.1. The molecule has 0 spiro atoms. The molecule has 0 saturated heterocycles. The predicted molar refractivity (Wildman–Crippen MR) is 72.4 cm³/mol. The third-order valence-corrected chi connectivity index (χ3v) is 2.85. The predicted octanol–water partition coefficient (Wildman–Crippen LogP) is 1.21. The van der Waals surface area contributed by atoms with E-state index in [1.165, 1.54) is 12.3 Å². The fourth-order valence-corrected chi connectivity index (χ4v) is 1.77. The van der Waals surface area contributed by atoms with Gasteiger partial charge in [0.15, 0.2) is 11.6 Å². The van der Waals surface area contributed by atoms with Gasteiger partial charge in [-0.1, -0.05) is 0 Å². The number of hydrogen-bond donors (Lipinski definition) is 2. The molecule has 0 aliphatic rings. The Bertz CT molecular complexity index is 570. The van der Waals surface area contributed by atoms with E-state index in [1.807, 2.05) is 10.8 Å². The first-order chi connectivity index (χ1) is 9.68. The van der Waals surface area contributed by atoms with Gasteiger partial charge in [0, 0.05) is 31.7 Å². The molecule has 20 heavy (non-hydrogen) atoms. The zero-order chi connectivity index (χ0) is 14.4. The summed E-state index contributed by atoms with van der Waals surface area (Å²) in [6.07, 6.45) is 8.36. The number of carbonyl (C=O) groups is 1. The standard InChI is InChI=1S/C13H16FN5O/c14-11-10(3-5-17-12(11)15)13(20)18-4-1-2-7-19-8-6-16-9-19/h3,5-6,8-9H,1-2,4,7H2,(H2,15,17)(H,18,20). The second kappa shape index (κ2) is 6.65. The van der Waals surface area contributed by atoms with E-state index in [2.05, 4.69) is 15.3 Å². The Labute approximate surface area is 115 Å². The van der Waals surface area contributed by atoms with Gasteiger partial charge in [-0.15, -0.1) is 0 Å². The van der Waals surface area contributed by atoms with E-state index in [-0.39, 0.29) is 11.4 Å². The molecule has 7 heteroatoms. The van der Waals surface area contributed by atoms with Crippen molar-refractivity contribution in [2.75, 3.05) is 12.3 Å². The Morgan fingerprint density at radius 2 is 2.25 bits per heavy atom. The first-order valence-corrected chi connectivity index (χ1v) is 6.32. The number of nitrogens with zero attached hydrogens (tertiary/aromatic N) is 3. The van der Waals surface area contributed by atoms with Crippen LogP contribution in [0.4, 0.5) is 10.2 Å². The lowest BCUT2D eigenvalue weighted by Crippen LogP contribution is -2.26. The molecule has 1 amide bonds. The van der Waals surface area contributed by atoms with Crippen LogP contribution in [-0.2, 0) is 6.54 Å². The number of halogens is 1. The first kappa shape index (κ1) is 14.0. The molecule has 0 atom stereocenters. The lowest BCUT2D eigenvalue weighted by atomic mass is 10.2. The van der Waals surface area contributed by atoms with Crippen LogP contribution in [0.2, 0.25) is 0 Å². The summed E-state index contributed by atoms with van der Waals surface area (Å²) in [6.45, 7) is 1.32. The highest BCUT2D eigenvalue weighted by molar-refractivity contribution is 5.95. The highest BCUT2D eigenvalue weighted by Gasteiger charge is 2.13. The molecule has 106 valence electrons. The number of carbonyl (C=O) groups excluding carboxylic acids is 1. The van der Waals surface area contributed by atoms with Crippen molar-refractivity contribution in [3.05, 3.63) is 42.4 Å². The number of hydrogen-bond acceptors (Lipinski definition) is 4. The number of rotatable bonds is 6. The van der Waals surface area contributed by atoms with Gasteiger partial charge in [-0.3, -0.25) is 4.79 Å². The van der Waals surface area contributed by atoms with E-state index < -0.39 is 11.7 Å². The van der Waals surface area contributed by atoms with Crippen molar-refractivity contribution in [1.82, 2.24) is 19.9 Å². The normalized spacial score (nSPS) is 10.4. The molecule has 3 N–H and O–H groups in total. The third-order valence-electron chi connectivity index (χ3n) is 2.85. The molecule has 0 aromatic carbocycles. The van der Waals surface area contributed by atoms with Crippen LogP contribution in [-0.4, -0.2) is 27.0 Å². The van der Waals surface area contributed by atoms with Crippen LogP contribution in [0.15, 0.2) is 31.0 Å². The third kappa shape index (κ3) is 3.53. The number of unbranched alkanes of at least 4 members (excludes halogenated alkanes) is 1. The second-order valence-electron chi connectivity index (χ2n) is 4.32. The fourth-order valence-electron chi connectivity index (χ4n) is 1.77. The molecule has 0 aliphatic carbocycles. The molecule has 2 aromatic rings. The Balaban J connectivity index is 1.74. The molecule has 0 unspecified atom stereocenters. The molecule has 2 aromatic heterocycles. The van der Waals surface area contributed by atoms with Crippen LogP contribution in [0.3, 0.4) is 0 Å². The number of imidazole rings is 1. The van der Waals surface area contributed by atoms with Gasteiger partial charge in [0.05, 0.1) is 11.9 Å². The van der Waals surface area contributed by atoms with Crippen LogP contribution in [0.25, 0.3) is 0 Å². The van der Waals surface area contributed by atoms with E-state index in [4.69, 9.17) is 5.73 Å². The molecule has 0 saturated carbocycles.